The second kappa shape index (κ2) is 7.01. The van der Waals surface area contributed by atoms with Gasteiger partial charge in [-0.3, -0.25) is 4.79 Å². The first-order valence-corrected chi connectivity index (χ1v) is 6.80. The maximum absolute atomic E-state index is 11.9. The summed E-state index contributed by atoms with van der Waals surface area (Å²) >= 11 is 1.98. The van der Waals surface area contributed by atoms with Gasteiger partial charge in [-0.2, -0.15) is 0 Å². The number of halogens is 1. The summed E-state index contributed by atoms with van der Waals surface area (Å²) in [6, 6.07) is 9.27. The van der Waals surface area contributed by atoms with Crippen LogP contribution in [0.2, 0.25) is 0 Å². The molecule has 2 atom stereocenters. The number of alkyl halides is 1. The molecule has 0 aliphatic rings. The van der Waals surface area contributed by atoms with Crippen LogP contribution in [0.15, 0.2) is 30.3 Å². The van der Waals surface area contributed by atoms with Gasteiger partial charge in [-0.25, -0.2) is 0 Å². The minimum Gasteiger partial charge on any atom is -0.382 e. The highest BCUT2D eigenvalue weighted by molar-refractivity contribution is 14.1. The van der Waals surface area contributed by atoms with Crippen LogP contribution in [-0.4, -0.2) is 15.0 Å². The van der Waals surface area contributed by atoms with Gasteiger partial charge in [0.2, 0.25) is 0 Å². The largest absolute Gasteiger partial charge is 0.382 e. The number of rotatable bonds is 6. The summed E-state index contributed by atoms with van der Waals surface area (Å²) in [6.45, 7) is 2.07. The molecule has 1 rings (SSSR count). The lowest BCUT2D eigenvalue weighted by Crippen LogP contribution is -2.18. The van der Waals surface area contributed by atoms with Gasteiger partial charge in [0.1, 0.15) is 4.11 Å². The van der Waals surface area contributed by atoms with Gasteiger partial charge < -0.3 is 5.11 Å². The summed E-state index contributed by atoms with van der Waals surface area (Å²) in [5.74, 6) is 0.188. The van der Waals surface area contributed by atoms with Gasteiger partial charge in [0.05, 0.1) is 0 Å². The number of benzene rings is 1. The van der Waals surface area contributed by atoms with Crippen LogP contribution in [-0.2, 0) is 0 Å². The van der Waals surface area contributed by atoms with Crippen molar-refractivity contribution >= 4 is 28.4 Å². The molecule has 1 aromatic rings. The smallest absolute Gasteiger partial charge is 0.163 e. The molecule has 1 N–H and O–H groups in total. The van der Waals surface area contributed by atoms with Crippen LogP contribution in [0.5, 0.6) is 0 Å². The maximum atomic E-state index is 11.9. The standard InChI is InChI=1S/C13H17IO2/c1-2-6-11(13(14)16)9-12(15)10-7-4-3-5-8-10/h3-5,7-8,11,13,16H,2,6,9H2,1H3. The molecule has 88 valence electrons. The maximum Gasteiger partial charge on any atom is 0.163 e. The molecule has 2 unspecified atom stereocenters. The molecule has 0 fully saturated rings. The van der Waals surface area contributed by atoms with Crippen LogP contribution >= 0.6 is 22.6 Å². The third kappa shape index (κ3) is 4.22. The molecule has 0 saturated heterocycles. The number of aliphatic hydroxyl groups is 1. The topological polar surface area (TPSA) is 37.3 Å². The van der Waals surface area contributed by atoms with Crippen molar-refractivity contribution in [1.29, 1.82) is 0 Å². The number of Topliss-reactive ketones (excluding diaryl/α,β-unsaturated/α-hetero) is 1. The van der Waals surface area contributed by atoms with E-state index >= 15 is 0 Å². The van der Waals surface area contributed by atoms with Crippen LogP contribution in [0.25, 0.3) is 0 Å². The van der Waals surface area contributed by atoms with E-state index in [2.05, 4.69) is 6.92 Å². The van der Waals surface area contributed by atoms with Crippen LogP contribution in [0.3, 0.4) is 0 Å². The van der Waals surface area contributed by atoms with E-state index < -0.39 is 4.11 Å². The zero-order valence-corrected chi connectivity index (χ0v) is 11.6. The zero-order valence-electron chi connectivity index (χ0n) is 9.40. The van der Waals surface area contributed by atoms with Gasteiger partial charge in [-0.15, -0.1) is 0 Å². The normalized spacial score (nSPS) is 14.4. The first kappa shape index (κ1) is 13.6. The van der Waals surface area contributed by atoms with Crippen LogP contribution < -0.4 is 0 Å². The Morgan fingerprint density at radius 1 is 1.38 bits per heavy atom. The molecule has 0 heterocycles. The molecule has 0 saturated carbocycles. The number of ketones is 1. The third-order valence-electron chi connectivity index (χ3n) is 2.59. The minimum atomic E-state index is -0.440. The molecule has 0 aromatic heterocycles. The zero-order chi connectivity index (χ0) is 12.0. The highest BCUT2D eigenvalue weighted by atomic mass is 127. The Labute approximate surface area is 110 Å². The molecular formula is C13H17IO2. The predicted molar refractivity (Wildman–Crippen MR) is 73.8 cm³/mol. The van der Waals surface area contributed by atoms with Crippen LogP contribution in [0.1, 0.15) is 36.5 Å². The highest BCUT2D eigenvalue weighted by Gasteiger charge is 2.19. The molecule has 16 heavy (non-hydrogen) atoms. The molecule has 0 aliphatic heterocycles. The van der Waals surface area contributed by atoms with E-state index in [0.717, 1.165) is 18.4 Å². The molecular weight excluding hydrogens is 315 g/mol. The highest BCUT2D eigenvalue weighted by Crippen LogP contribution is 2.22. The summed E-state index contributed by atoms with van der Waals surface area (Å²) in [6.07, 6.45) is 2.32. The van der Waals surface area contributed by atoms with E-state index in [1.54, 1.807) is 0 Å². The second-order valence-electron chi connectivity index (χ2n) is 3.91. The monoisotopic (exact) mass is 332 g/mol. The molecule has 0 aliphatic carbocycles. The van der Waals surface area contributed by atoms with Crippen LogP contribution in [0, 0.1) is 5.92 Å². The van der Waals surface area contributed by atoms with Crippen molar-refractivity contribution in [1.82, 2.24) is 0 Å². The lowest BCUT2D eigenvalue weighted by molar-refractivity contribution is 0.0922. The Morgan fingerprint density at radius 3 is 2.50 bits per heavy atom. The van der Waals surface area contributed by atoms with Crippen molar-refractivity contribution in [2.24, 2.45) is 5.92 Å². The van der Waals surface area contributed by atoms with Gasteiger partial charge in [-0.1, -0.05) is 66.3 Å². The van der Waals surface area contributed by atoms with Gasteiger partial charge >= 0.3 is 0 Å². The van der Waals surface area contributed by atoms with E-state index in [1.807, 2.05) is 52.9 Å². The van der Waals surface area contributed by atoms with E-state index in [1.165, 1.54) is 0 Å². The fourth-order valence-electron chi connectivity index (χ4n) is 1.69. The third-order valence-corrected chi connectivity index (χ3v) is 3.61. The van der Waals surface area contributed by atoms with Gasteiger partial charge in [0.25, 0.3) is 0 Å². The Balaban J connectivity index is 2.62. The Kier molecular flexibility index (Phi) is 5.98. The Bertz CT molecular complexity index is 322. The van der Waals surface area contributed by atoms with Crippen LogP contribution in [0.4, 0.5) is 0 Å². The Hall–Kier alpha value is -0.420. The molecule has 1 aromatic carbocycles. The number of hydrogen-bond donors (Lipinski definition) is 1. The summed E-state index contributed by atoms with van der Waals surface area (Å²) < 4.78 is -0.440. The number of carbonyl (C=O) groups is 1. The quantitative estimate of drug-likeness (QED) is 0.492. The van der Waals surface area contributed by atoms with E-state index in [4.69, 9.17) is 0 Å². The molecule has 0 bridgehead atoms. The van der Waals surface area contributed by atoms with E-state index in [-0.39, 0.29) is 11.7 Å². The van der Waals surface area contributed by atoms with Gasteiger partial charge in [0, 0.05) is 17.9 Å². The van der Waals surface area contributed by atoms with Crippen molar-refractivity contribution in [3.63, 3.8) is 0 Å². The first-order chi connectivity index (χ1) is 7.65. The number of aliphatic hydroxyl groups excluding tert-OH is 1. The average Bonchev–Trinajstić information content (AvgIpc) is 2.29. The second-order valence-corrected chi connectivity index (χ2v) is 5.19. The van der Waals surface area contributed by atoms with Crippen molar-refractivity contribution in [3.05, 3.63) is 35.9 Å². The number of carbonyl (C=O) groups excluding carboxylic acids is 1. The molecule has 0 spiro atoms. The molecule has 3 heteroatoms. The van der Waals surface area contributed by atoms with Gasteiger partial charge in [0.15, 0.2) is 5.78 Å². The van der Waals surface area contributed by atoms with Crippen molar-refractivity contribution in [2.45, 2.75) is 30.3 Å². The minimum absolute atomic E-state index is 0.0679. The SMILES string of the molecule is CCCC(CC(=O)c1ccccc1)C(O)I. The average molecular weight is 332 g/mol. The predicted octanol–water partition coefficient (Wildman–Crippen LogP) is 3.43. The van der Waals surface area contributed by atoms with Crippen molar-refractivity contribution < 1.29 is 9.90 Å². The molecule has 0 amide bonds. The van der Waals surface area contributed by atoms with E-state index in [0.29, 0.717) is 6.42 Å². The van der Waals surface area contributed by atoms with E-state index in [9.17, 15) is 9.90 Å². The Morgan fingerprint density at radius 2 is 2.00 bits per heavy atom. The van der Waals surface area contributed by atoms with Gasteiger partial charge in [-0.05, 0) is 6.42 Å². The fraction of sp³-hybridized carbons (Fsp3) is 0.462. The summed E-state index contributed by atoms with van der Waals surface area (Å²) in [5, 5.41) is 9.57. The van der Waals surface area contributed by atoms with Crippen molar-refractivity contribution in [3.8, 4) is 0 Å². The van der Waals surface area contributed by atoms with Crippen molar-refractivity contribution in [2.75, 3.05) is 0 Å². The summed E-state index contributed by atoms with van der Waals surface area (Å²) in [7, 11) is 0. The lowest BCUT2D eigenvalue weighted by atomic mass is 9.95. The summed E-state index contributed by atoms with van der Waals surface area (Å²) in [4.78, 5) is 11.9. The number of hydrogen-bond acceptors (Lipinski definition) is 2. The summed E-state index contributed by atoms with van der Waals surface area (Å²) in [5.41, 5.74) is 0.737. The lowest BCUT2D eigenvalue weighted by Gasteiger charge is -2.16. The fourth-order valence-corrected chi connectivity index (χ4v) is 2.30. The first-order valence-electron chi connectivity index (χ1n) is 5.55. The molecule has 2 nitrogen and oxygen atoms in total. The molecule has 0 radical (unpaired) electrons.